The molecule has 1 heterocycles. The molecule has 32 heavy (non-hydrogen) atoms. The maximum Gasteiger partial charge on any atom is 0.336 e. The van der Waals surface area contributed by atoms with Crippen molar-refractivity contribution in [2.75, 3.05) is 6.61 Å². The highest BCUT2D eigenvalue weighted by atomic mass is 16.5. The van der Waals surface area contributed by atoms with Gasteiger partial charge in [-0.25, -0.2) is 4.79 Å². The third kappa shape index (κ3) is 3.76. The number of carbonyl (C=O) groups is 2. The number of hydrogen-bond acceptors (Lipinski definition) is 6. The van der Waals surface area contributed by atoms with E-state index in [0.717, 1.165) is 11.0 Å². The third-order valence-corrected chi connectivity index (χ3v) is 7.51. The number of ether oxygens (including phenoxy) is 2. The van der Waals surface area contributed by atoms with Crippen molar-refractivity contribution in [1.82, 2.24) is 0 Å². The second-order valence-electron chi connectivity index (χ2n) is 9.93. The molecule has 4 atom stereocenters. The van der Waals surface area contributed by atoms with Crippen molar-refractivity contribution in [2.24, 2.45) is 22.7 Å². The van der Waals surface area contributed by atoms with Crippen LogP contribution in [-0.4, -0.2) is 24.5 Å². The summed E-state index contributed by atoms with van der Waals surface area (Å²) in [5.74, 6) is 0.377. The molecule has 2 aliphatic rings. The molecule has 6 heteroatoms. The molecule has 170 valence electrons. The Kier molecular flexibility index (Phi) is 5.51. The van der Waals surface area contributed by atoms with Crippen LogP contribution in [0.25, 0.3) is 11.0 Å². The van der Waals surface area contributed by atoms with Gasteiger partial charge in [0.1, 0.15) is 23.2 Å². The lowest BCUT2D eigenvalue weighted by molar-refractivity contribution is -0.169. The molecule has 0 bridgehead atoms. The molecule has 0 amide bonds. The molecule has 6 nitrogen and oxygen atoms in total. The quantitative estimate of drug-likeness (QED) is 0.391. The number of rotatable bonds is 4. The molecule has 0 radical (unpaired) electrons. The zero-order chi connectivity index (χ0) is 23.3. The number of carbonyl (C=O) groups excluding carboxylic acids is 2. The first-order chi connectivity index (χ1) is 15.0. The van der Waals surface area contributed by atoms with Crippen LogP contribution in [0.5, 0.6) is 5.75 Å². The molecule has 4 unspecified atom stereocenters. The van der Waals surface area contributed by atoms with Gasteiger partial charge in [0, 0.05) is 48.1 Å². The maximum absolute atomic E-state index is 12.8. The first-order valence-electron chi connectivity index (χ1n) is 11.1. The summed E-state index contributed by atoms with van der Waals surface area (Å²) in [4.78, 5) is 36.2. The lowest BCUT2D eigenvalue weighted by Gasteiger charge is -2.57. The molecule has 2 aliphatic carbocycles. The van der Waals surface area contributed by atoms with Gasteiger partial charge < -0.3 is 13.9 Å². The molecule has 1 aromatic carbocycles. The minimum Gasteiger partial charge on any atom is -0.493 e. The van der Waals surface area contributed by atoms with E-state index in [9.17, 15) is 14.4 Å². The Hall–Kier alpha value is -2.89. The molecule has 4 rings (SSSR count). The summed E-state index contributed by atoms with van der Waals surface area (Å²) in [6, 6.07) is 8.57. The van der Waals surface area contributed by atoms with E-state index in [1.807, 2.05) is 39.0 Å². The highest BCUT2D eigenvalue weighted by molar-refractivity contribution is 5.86. The van der Waals surface area contributed by atoms with Gasteiger partial charge in [0.2, 0.25) is 0 Å². The van der Waals surface area contributed by atoms with E-state index in [-0.39, 0.29) is 29.0 Å². The minimum absolute atomic E-state index is 0.0464. The van der Waals surface area contributed by atoms with Gasteiger partial charge in [0.05, 0.1) is 6.61 Å². The zero-order valence-corrected chi connectivity index (χ0v) is 19.3. The van der Waals surface area contributed by atoms with Crippen molar-refractivity contribution in [3.05, 3.63) is 52.4 Å². The van der Waals surface area contributed by atoms with Crippen LogP contribution in [0.15, 0.2) is 51.2 Å². The molecule has 0 N–H and O–H groups in total. The number of benzene rings is 1. The number of esters is 1. The summed E-state index contributed by atoms with van der Waals surface area (Å²) in [6.45, 7) is 9.97. The van der Waals surface area contributed by atoms with Crippen molar-refractivity contribution >= 4 is 22.7 Å². The van der Waals surface area contributed by atoms with Gasteiger partial charge in [-0.3, -0.25) is 9.59 Å². The summed E-state index contributed by atoms with van der Waals surface area (Å²) in [5, 5.41) is 0.828. The standard InChI is InChI=1S/C26H30O6/c1-15-12-21(31-16(2)27)24-25(3,4)22(28)10-11-26(24,5)19(15)14-30-18-8-6-17-7-9-23(29)32-20(17)13-18/h6-9,12-13,19,21,24H,10-11,14H2,1-5H3. The summed E-state index contributed by atoms with van der Waals surface area (Å²) in [7, 11) is 0. The second kappa shape index (κ2) is 7.91. The molecular formula is C26H30O6. The van der Waals surface area contributed by atoms with Crippen LogP contribution in [0.2, 0.25) is 0 Å². The molecule has 1 saturated carbocycles. The van der Waals surface area contributed by atoms with Gasteiger partial charge >= 0.3 is 11.6 Å². The van der Waals surface area contributed by atoms with E-state index in [2.05, 4.69) is 6.92 Å². The largest absolute Gasteiger partial charge is 0.493 e. The van der Waals surface area contributed by atoms with Gasteiger partial charge in [-0.05, 0) is 43.0 Å². The number of ketones is 1. The van der Waals surface area contributed by atoms with E-state index in [1.165, 1.54) is 13.0 Å². The smallest absolute Gasteiger partial charge is 0.336 e. The highest BCUT2D eigenvalue weighted by Gasteiger charge is 2.59. The third-order valence-electron chi connectivity index (χ3n) is 7.51. The molecule has 0 aliphatic heterocycles. The predicted octanol–water partition coefficient (Wildman–Crippen LogP) is 4.69. The van der Waals surface area contributed by atoms with Crippen molar-refractivity contribution in [3.63, 3.8) is 0 Å². The van der Waals surface area contributed by atoms with E-state index < -0.39 is 17.1 Å². The highest BCUT2D eigenvalue weighted by Crippen LogP contribution is 2.59. The maximum atomic E-state index is 12.8. The first-order valence-corrected chi connectivity index (χ1v) is 11.1. The van der Waals surface area contributed by atoms with Crippen LogP contribution in [0, 0.1) is 22.7 Å². The van der Waals surface area contributed by atoms with Gasteiger partial charge in [0.15, 0.2) is 0 Å². The topological polar surface area (TPSA) is 82.8 Å². The fourth-order valence-corrected chi connectivity index (χ4v) is 5.95. The first kappa shape index (κ1) is 22.3. The summed E-state index contributed by atoms with van der Waals surface area (Å²) in [5.41, 5.74) is 0.276. The summed E-state index contributed by atoms with van der Waals surface area (Å²) < 4.78 is 17.2. The Balaban J connectivity index is 1.66. The van der Waals surface area contributed by atoms with Crippen LogP contribution in [0.4, 0.5) is 0 Å². The van der Waals surface area contributed by atoms with Gasteiger partial charge in [-0.2, -0.15) is 0 Å². The lowest BCUT2D eigenvalue weighted by atomic mass is 9.47. The molecule has 0 saturated heterocycles. The van der Waals surface area contributed by atoms with E-state index >= 15 is 0 Å². The van der Waals surface area contributed by atoms with Crippen LogP contribution in [-0.2, 0) is 14.3 Å². The van der Waals surface area contributed by atoms with Crippen LogP contribution in [0.3, 0.4) is 0 Å². The Bertz CT molecular complexity index is 1160. The second-order valence-corrected chi connectivity index (χ2v) is 9.93. The van der Waals surface area contributed by atoms with E-state index in [0.29, 0.717) is 30.8 Å². The molecule has 1 aromatic heterocycles. The average Bonchev–Trinajstić information content (AvgIpc) is 2.69. The van der Waals surface area contributed by atoms with Crippen molar-refractivity contribution < 1.29 is 23.5 Å². The fraction of sp³-hybridized carbons (Fsp3) is 0.500. The normalized spacial score (nSPS) is 29.2. The molecular weight excluding hydrogens is 408 g/mol. The zero-order valence-electron chi connectivity index (χ0n) is 19.3. The van der Waals surface area contributed by atoms with Crippen molar-refractivity contribution in [2.45, 2.75) is 53.6 Å². The van der Waals surface area contributed by atoms with Gasteiger partial charge in [0.25, 0.3) is 0 Å². The summed E-state index contributed by atoms with van der Waals surface area (Å²) >= 11 is 0. The molecule has 1 fully saturated rings. The monoisotopic (exact) mass is 438 g/mol. The fourth-order valence-electron chi connectivity index (χ4n) is 5.95. The van der Waals surface area contributed by atoms with Gasteiger partial charge in [-0.15, -0.1) is 0 Å². The van der Waals surface area contributed by atoms with Gasteiger partial charge in [-0.1, -0.05) is 26.3 Å². The Morgan fingerprint density at radius 2 is 1.88 bits per heavy atom. The number of hydrogen-bond donors (Lipinski definition) is 0. The Labute approximate surface area is 187 Å². The Morgan fingerprint density at radius 1 is 1.16 bits per heavy atom. The molecule has 0 spiro atoms. The van der Waals surface area contributed by atoms with Crippen LogP contribution in [0.1, 0.15) is 47.5 Å². The van der Waals surface area contributed by atoms with Crippen molar-refractivity contribution in [1.29, 1.82) is 0 Å². The molecule has 2 aromatic rings. The summed E-state index contributed by atoms with van der Waals surface area (Å²) in [6.07, 6.45) is 2.76. The number of Topliss-reactive ketones (excluding diaryl/α,β-unsaturated/α-hetero) is 1. The van der Waals surface area contributed by atoms with Crippen LogP contribution >= 0.6 is 0 Å². The van der Waals surface area contributed by atoms with E-state index in [1.54, 1.807) is 12.1 Å². The predicted molar refractivity (Wildman–Crippen MR) is 120 cm³/mol. The SMILES string of the molecule is CC(=O)OC1C=C(C)C(COc2ccc3ccc(=O)oc3c2)C2(C)CCC(=O)C(C)(C)C12. The average molecular weight is 439 g/mol. The van der Waals surface area contributed by atoms with E-state index in [4.69, 9.17) is 13.9 Å². The number of fused-ring (bicyclic) bond motifs is 2. The lowest BCUT2D eigenvalue weighted by Crippen LogP contribution is -2.58. The van der Waals surface area contributed by atoms with Crippen molar-refractivity contribution in [3.8, 4) is 5.75 Å². The Morgan fingerprint density at radius 3 is 2.59 bits per heavy atom. The van der Waals surface area contributed by atoms with Crippen LogP contribution < -0.4 is 10.4 Å². The minimum atomic E-state index is -0.616.